The minimum Gasteiger partial charge on any atom is -0.354 e. The van der Waals surface area contributed by atoms with Crippen molar-refractivity contribution in [2.24, 2.45) is 5.73 Å². The predicted octanol–water partition coefficient (Wildman–Crippen LogP) is 2.73. The van der Waals surface area contributed by atoms with Gasteiger partial charge in [-0.2, -0.15) is 0 Å². The van der Waals surface area contributed by atoms with E-state index in [1.807, 2.05) is 0 Å². The molecule has 0 heterocycles. The van der Waals surface area contributed by atoms with Crippen molar-refractivity contribution in [3.05, 3.63) is 0 Å². The van der Waals surface area contributed by atoms with Crippen LogP contribution in [0.3, 0.4) is 0 Å². The summed E-state index contributed by atoms with van der Waals surface area (Å²) in [4.78, 5) is 11.6. The first kappa shape index (κ1) is 14.5. The van der Waals surface area contributed by atoms with Crippen molar-refractivity contribution in [3.8, 4) is 0 Å². The topological polar surface area (TPSA) is 55.1 Å². The van der Waals surface area contributed by atoms with E-state index in [1.54, 1.807) is 0 Å². The molecule has 100 valence electrons. The van der Waals surface area contributed by atoms with Gasteiger partial charge in [0.15, 0.2) is 0 Å². The Kier molecular flexibility index (Phi) is 6.56. The number of hydrogen-bond acceptors (Lipinski definition) is 2. The van der Waals surface area contributed by atoms with Crippen LogP contribution in [0.15, 0.2) is 0 Å². The van der Waals surface area contributed by atoms with Crippen LogP contribution in [0.2, 0.25) is 0 Å². The van der Waals surface area contributed by atoms with Crippen LogP contribution in [-0.4, -0.2) is 18.0 Å². The number of carbonyl (C=O) groups is 1. The van der Waals surface area contributed by atoms with Crippen molar-refractivity contribution in [1.29, 1.82) is 0 Å². The van der Waals surface area contributed by atoms with Crippen molar-refractivity contribution in [1.82, 2.24) is 5.32 Å². The summed E-state index contributed by atoms with van der Waals surface area (Å²) in [7, 11) is 0. The van der Waals surface area contributed by atoms with Crippen LogP contribution in [0, 0.1) is 0 Å². The molecule has 0 spiro atoms. The van der Waals surface area contributed by atoms with Crippen LogP contribution >= 0.6 is 0 Å². The highest BCUT2D eigenvalue weighted by Gasteiger charge is 2.32. The Balaban J connectivity index is 1.90. The molecule has 3 nitrogen and oxygen atoms in total. The van der Waals surface area contributed by atoms with Crippen LogP contribution in [0.25, 0.3) is 0 Å². The Bertz CT molecular complexity index is 224. The average Bonchev–Trinajstić information content (AvgIpc) is 2.28. The zero-order valence-electron chi connectivity index (χ0n) is 11.3. The molecule has 1 saturated carbocycles. The summed E-state index contributed by atoms with van der Waals surface area (Å²) in [5.74, 6) is 0.178. The van der Waals surface area contributed by atoms with Gasteiger partial charge in [-0.1, -0.05) is 39.0 Å². The largest absolute Gasteiger partial charge is 0.354 e. The van der Waals surface area contributed by atoms with Gasteiger partial charge in [0.25, 0.3) is 0 Å². The number of nitrogens with one attached hydrogen (secondary N) is 1. The van der Waals surface area contributed by atoms with Gasteiger partial charge in [-0.3, -0.25) is 4.79 Å². The molecule has 17 heavy (non-hydrogen) atoms. The molecule has 1 fully saturated rings. The van der Waals surface area contributed by atoms with Gasteiger partial charge < -0.3 is 11.1 Å². The molecule has 0 radical (unpaired) electrons. The van der Waals surface area contributed by atoms with Gasteiger partial charge in [-0.15, -0.1) is 0 Å². The van der Waals surface area contributed by atoms with E-state index in [4.69, 9.17) is 5.73 Å². The highest BCUT2D eigenvalue weighted by atomic mass is 16.1. The quantitative estimate of drug-likeness (QED) is 0.609. The van der Waals surface area contributed by atoms with Gasteiger partial charge in [0.1, 0.15) is 0 Å². The van der Waals surface area contributed by atoms with Crippen LogP contribution in [0.5, 0.6) is 0 Å². The number of amides is 1. The van der Waals surface area contributed by atoms with Gasteiger partial charge in [-0.25, -0.2) is 0 Å². The van der Waals surface area contributed by atoms with Crippen molar-refractivity contribution >= 4 is 5.91 Å². The average molecular weight is 240 g/mol. The highest BCUT2D eigenvalue weighted by molar-refractivity contribution is 5.75. The standard InChI is InChI=1S/C14H28N2O/c1-2-3-4-5-6-7-9-13(17)16-12-14(15)10-8-11-14/h2-12,15H2,1H3,(H,16,17). The van der Waals surface area contributed by atoms with E-state index in [9.17, 15) is 4.79 Å². The van der Waals surface area contributed by atoms with E-state index in [-0.39, 0.29) is 11.4 Å². The molecule has 1 amide bonds. The van der Waals surface area contributed by atoms with Crippen LogP contribution in [-0.2, 0) is 4.79 Å². The molecule has 3 heteroatoms. The first-order valence-corrected chi connectivity index (χ1v) is 7.22. The molecular formula is C14H28N2O. The molecule has 0 saturated heterocycles. The molecule has 0 bridgehead atoms. The van der Waals surface area contributed by atoms with Gasteiger partial charge in [0.2, 0.25) is 5.91 Å². The fraction of sp³-hybridized carbons (Fsp3) is 0.929. The maximum absolute atomic E-state index is 11.6. The molecule has 0 aromatic heterocycles. The van der Waals surface area contributed by atoms with E-state index >= 15 is 0 Å². The summed E-state index contributed by atoms with van der Waals surface area (Å²) in [6.45, 7) is 2.89. The molecule has 0 unspecified atom stereocenters. The molecule has 1 rings (SSSR count). The summed E-state index contributed by atoms with van der Waals surface area (Å²) in [5, 5.41) is 2.96. The molecule has 3 N–H and O–H groups in total. The lowest BCUT2D eigenvalue weighted by Crippen LogP contribution is -2.54. The number of hydrogen-bond donors (Lipinski definition) is 2. The summed E-state index contributed by atoms with van der Waals surface area (Å²) in [6.07, 6.45) is 11.4. The van der Waals surface area contributed by atoms with Crippen LogP contribution < -0.4 is 11.1 Å². The SMILES string of the molecule is CCCCCCCCC(=O)NCC1(N)CCC1. The third-order valence-electron chi connectivity index (χ3n) is 3.74. The van der Waals surface area contributed by atoms with Crippen LogP contribution in [0.4, 0.5) is 0 Å². The summed E-state index contributed by atoms with van der Waals surface area (Å²) >= 11 is 0. The van der Waals surface area contributed by atoms with E-state index in [1.165, 1.54) is 38.5 Å². The van der Waals surface area contributed by atoms with Gasteiger partial charge in [0.05, 0.1) is 0 Å². The third kappa shape index (κ3) is 6.06. The lowest BCUT2D eigenvalue weighted by molar-refractivity contribution is -0.121. The number of nitrogens with two attached hydrogens (primary N) is 1. The normalized spacial score (nSPS) is 17.5. The lowest BCUT2D eigenvalue weighted by Gasteiger charge is -2.38. The second-order valence-electron chi connectivity index (χ2n) is 5.51. The first-order valence-electron chi connectivity index (χ1n) is 7.22. The highest BCUT2D eigenvalue weighted by Crippen LogP contribution is 2.28. The van der Waals surface area contributed by atoms with Gasteiger partial charge in [-0.05, 0) is 25.7 Å². The molecular weight excluding hydrogens is 212 g/mol. The molecule has 0 aromatic carbocycles. The molecule has 0 atom stereocenters. The second-order valence-corrected chi connectivity index (χ2v) is 5.51. The number of carbonyl (C=O) groups excluding carboxylic acids is 1. The lowest BCUT2D eigenvalue weighted by atomic mass is 9.78. The minimum atomic E-state index is -0.0865. The van der Waals surface area contributed by atoms with Crippen molar-refractivity contribution in [2.45, 2.75) is 76.7 Å². The number of rotatable bonds is 9. The van der Waals surface area contributed by atoms with Gasteiger partial charge in [0, 0.05) is 18.5 Å². The fourth-order valence-electron chi connectivity index (χ4n) is 2.24. The smallest absolute Gasteiger partial charge is 0.220 e. The summed E-state index contributed by atoms with van der Waals surface area (Å²) < 4.78 is 0. The van der Waals surface area contributed by atoms with E-state index in [0.717, 1.165) is 19.3 Å². The number of unbranched alkanes of at least 4 members (excludes halogenated alkanes) is 5. The summed E-state index contributed by atoms with van der Waals surface area (Å²) in [5.41, 5.74) is 5.96. The van der Waals surface area contributed by atoms with Crippen molar-refractivity contribution in [3.63, 3.8) is 0 Å². The van der Waals surface area contributed by atoms with Crippen molar-refractivity contribution < 1.29 is 4.79 Å². The Morgan fingerprint density at radius 3 is 2.41 bits per heavy atom. The summed E-state index contributed by atoms with van der Waals surface area (Å²) in [6, 6.07) is 0. The Hall–Kier alpha value is -0.570. The van der Waals surface area contributed by atoms with E-state index in [0.29, 0.717) is 13.0 Å². The maximum atomic E-state index is 11.6. The van der Waals surface area contributed by atoms with E-state index in [2.05, 4.69) is 12.2 Å². The zero-order chi connectivity index (χ0) is 12.6. The van der Waals surface area contributed by atoms with Gasteiger partial charge >= 0.3 is 0 Å². The molecule has 1 aliphatic rings. The molecule has 1 aliphatic carbocycles. The third-order valence-corrected chi connectivity index (χ3v) is 3.74. The maximum Gasteiger partial charge on any atom is 0.220 e. The Morgan fingerprint density at radius 2 is 1.82 bits per heavy atom. The Morgan fingerprint density at radius 1 is 1.18 bits per heavy atom. The first-order chi connectivity index (χ1) is 8.16. The second kappa shape index (κ2) is 7.70. The Labute approximate surface area is 106 Å². The fourth-order valence-corrected chi connectivity index (χ4v) is 2.24. The monoisotopic (exact) mass is 240 g/mol. The van der Waals surface area contributed by atoms with E-state index < -0.39 is 0 Å². The minimum absolute atomic E-state index is 0.0865. The predicted molar refractivity (Wildman–Crippen MR) is 71.8 cm³/mol. The molecule has 0 aromatic rings. The van der Waals surface area contributed by atoms with Crippen molar-refractivity contribution in [2.75, 3.05) is 6.54 Å². The van der Waals surface area contributed by atoms with Crippen LogP contribution in [0.1, 0.15) is 71.1 Å². The molecule has 0 aliphatic heterocycles. The zero-order valence-corrected chi connectivity index (χ0v) is 11.3.